The highest BCUT2D eigenvalue weighted by Crippen LogP contribution is 2.28. The monoisotopic (exact) mass is 257 g/mol. The Kier molecular flexibility index (Phi) is 3.83. The average Bonchev–Trinajstić information content (AvgIpc) is 2.26. The molecule has 0 bridgehead atoms. The topological polar surface area (TPSA) is 117 Å². The molecule has 94 valence electrons. The van der Waals surface area contributed by atoms with E-state index in [2.05, 4.69) is 4.98 Å². The van der Waals surface area contributed by atoms with Crippen LogP contribution in [0.3, 0.4) is 0 Å². The van der Waals surface area contributed by atoms with Gasteiger partial charge in [-0.1, -0.05) is 0 Å². The van der Waals surface area contributed by atoms with Crippen LogP contribution in [0, 0.1) is 21.4 Å². The first-order chi connectivity index (χ1) is 8.36. The number of aromatic nitrogens is 1. The van der Waals surface area contributed by atoms with Gasteiger partial charge in [-0.3, -0.25) is 14.9 Å². The highest BCUT2D eigenvalue weighted by atomic mass is 19.3. The molecule has 0 amide bonds. The molecule has 0 aliphatic rings. The zero-order valence-electron chi connectivity index (χ0n) is 8.63. The van der Waals surface area contributed by atoms with Crippen molar-refractivity contribution < 1.29 is 23.6 Å². The number of carboxylic acids is 1. The normalized spacial score (nSPS) is 10.1. The minimum atomic E-state index is -3.11. The van der Waals surface area contributed by atoms with Crippen LogP contribution in [0.2, 0.25) is 0 Å². The van der Waals surface area contributed by atoms with Gasteiger partial charge in [-0.2, -0.15) is 5.26 Å². The summed E-state index contributed by atoms with van der Waals surface area (Å²) in [4.78, 5) is 23.3. The predicted molar refractivity (Wildman–Crippen MR) is 51.9 cm³/mol. The number of carbonyl (C=O) groups is 1. The molecular weight excluding hydrogens is 252 g/mol. The number of rotatable bonds is 4. The fourth-order valence-corrected chi connectivity index (χ4v) is 1.25. The van der Waals surface area contributed by atoms with Crippen LogP contribution >= 0.6 is 0 Å². The summed E-state index contributed by atoms with van der Waals surface area (Å²) in [5.74, 6) is -1.43. The Morgan fingerprint density at radius 3 is 2.67 bits per heavy atom. The molecule has 0 aliphatic carbocycles. The summed E-state index contributed by atoms with van der Waals surface area (Å²) in [7, 11) is 0. The van der Waals surface area contributed by atoms with E-state index in [-0.39, 0.29) is 0 Å². The summed E-state index contributed by atoms with van der Waals surface area (Å²) in [6.45, 7) is 0. The first kappa shape index (κ1) is 13.4. The third-order valence-corrected chi connectivity index (χ3v) is 1.97. The maximum absolute atomic E-state index is 12.6. The van der Waals surface area contributed by atoms with Crippen LogP contribution in [0.1, 0.15) is 23.4 Å². The Balaban J connectivity index is 3.47. The van der Waals surface area contributed by atoms with Crippen molar-refractivity contribution >= 4 is 11.7 Å². The SMILES string of the molecule is N#Cc1nc(CC(=O)O)c(C(F)F)cc1[N+](=O)[O-]. The van der Waals surface area contributed by atoms with Crippen molar-refractivity contribution in [2.75, 3.05) is 0 Å². The smallest absolute Gasteiger partial charge is 0.309 e. The molecule has 0 saturated heterocycles. The first-order valence-corrected chi connectivity index (χ1v) is 4.45. The molecular formula is C9H5F2N3O4. The van der Waals surface area contributed by atoms with Crippen molar-refractivity contribution in [3.63, 3.8) is 0 Å². The molecule has 18 heavy (non-hydrogen) atoms. The van der Waals surface area contributed by atoms with Crippen LogP contribution < -0.4 is 0 Å². The van der Waals surface area contributed by atoms with E-state index in [9.17, 15) is 23.7 Å². The number of hydrogen-bond acceptors (Lipinski definition) is 5. The molecule has 0 radical (unpaired) electrons. The van der Waals surface area contributed by atoms with E-state index < -0.39 is 46.4 Å². The van der Waals surface area contributed by atoms with Crippen molar-refractivity contribution in [1.29, 1.82) is 5.26 Å². The zero-order valence-corrected chi connectivity index (χ0v) is 8.63. The molecule has 7 nitrogen and oxygen atoms in total. The molecule has 0 aromatic carbocycles. The highest BCUT2D eigenvalue weighted by molar-refractivity contribution is 5.70. The number of aliphatic carboxylic acids is 1. The third kappa shape index (κ3) is 2.73. The zero-order chi connectivity index (χ0) is 13.9. The van der Waals surface area contributed by atoms with E-state index in [0.29, 0.717) is 6.07 Å². The van der Waals surface area contributed by atoms with Gasteiger partial charge in [0.15, 0.2) is 0 Å². The van der Waals surface area contributed by atoms with E-state index >= 15 is 0 Å². The van der Waals surface area contributed by atoms with E-state index in [1.165, 1.54) is 6.07 Å². The second-order valence-electron chi connectivity index (χ2n) is 3.13. The summed E-state index contributed by atoms with van der Waals surface area (Å²) in [6, 6.07) is 1.85. The molecule has 0 fully saturated rings. The second-order valence-corrected chi connectivity index (χ2v) is 3.13. The van der Waals surface area contributed by atoms with Gasteiger partial charge in [-0.15, -0.1) is 0 Å². The van der Waals surface area contributed by atoms with Crippen molar-refractivity contribution in [2.45, 2.75) is 12.8 Å². The van der Waals surface area contributed by atoms with Crippen molar-refractivity contribution in [1.82, 2.24) is 4.98 Å². The van der Waals surface area contributed by atoms with Crippen LogP contribution in [0.15, 0.2) is 6.07 Å². The maximum atomic E-state index is 12.6. The summed E-state index contributed by atoms with van der Waals surface area (Å²) >= 11 is 0. The molecule has 1 heterocycles. The number of hydrogen-bond donors (Lipinski definition) is 1. The summed E-state index contributed by atoms with van der Waals surface area (Å²) in [5.41, 5.74) is -2.98. The minimum absolute atomic E-state index is 0.481. The number of carboxylic acid groups (broad SMARTS) is 1. The standard InChI is InChI=1S/C9H5F2N3O4/c10-9(11)4-1-7(14(17)18)6(3-12)13-5(4)2-8(15)16/h1,9H,2H2,(H,15,16). The lowest BCUT2D eigenvalue weighted by molar-refractivity contribution is -0.385. The van der Waals surface area contributed by atoms with Crippen LogP contribution in [-0.4, -0.2) is 21.0 Å². The Morgan fingerprint density at radius 1 is 1.67 bits per heavy atom. The predicted octanol–water partition coefficient (Wildman–Crippen LogP) is 1.43. The first-order valence-electron chi connectivity index (χ1n) is 4.45. The minimum Gasteiger partial charge on any atom is -0.481 e. The van der Waals surface area contributed by atoms with Gasteiger partial charge in [0.25, 0.3) is 6.43 Å². The number of nitriles is 1. The molecule has 9 heteroatoms. The lowest BCUT2D eigenvalue weighted by Crippen LogP contribution is -2.09. The van der Waals surface area contributed by atoms with Gasteiger partial charge in [0.1, 0.15) is 6.07 Å². The number of nitrogens with zero attached hydrogens (tertiary/aromatic N) is 3. The van der Waals surface area contributed by atoms with Crippen LogP contribution in [0.5, 0.6) is 0 Å². The van der Waals surface area contributed by atoms with Crippen molar-refractivity contribution in [3.05, 3.63) is 33.1 Å². The van der Waals surface area contributed by atoms with E-state index in [1.807, 2.05) is 0 Å². The third-order valence-electron chi connectivity index (χ3n) is 1.97. The molecule has 0 unspecified atom stereocenters. The van der Waals surface area contributed by atoms with E-state index in [4.69, 9.17) is 10.4 Å². The van der Waals surface area contributed by atoms with Crippen LogP contribution in [0.25, 0.3) is 0 Å². The molecule has 1 aromatic rings. The van der Waals surface area contributed by atoms with Gasteiger partial charge in [-0.25, -0.2) is 13.8 Å². The van der Waals surface area contributed by atoms with Gasteiger partial charge < -0.3 is 5.11 Å². The molecule has 0 atom stereocenters. The lowest BCUT2D eigenvalue weighted by atomic mass is 10.1. The van der Waals surface area contributed by atoms with Gasteiger partial charge in [0.05, 0.1) is 17.0 Å². The Hall–Kier alpha value is -2.63. The fourth-order valence-electron chi connectivity index (χ4n) is 1.25. The fraction of sp³-hybridized carbons (Fsp3) is 0.222. The van der Waals surface area contributed by atoms with Crippen molar-refractivity contribution in [3.8, 4) is 6.07 Å². The number of pyridine rings is 1. The number of halogens is 2. The Bertz CT molecular complexity index is 553. The summed E-state index contributed by atoms with van der Waals surface area (Å²) in [6.07, 6.45) is -3.95. The van der Waals surface area contributed by atoms with Crippen LogP contribution in [0.4, 0.5) is 14.5 Å². The summed E-state index contributed by atoms with van der Waals surface area (Å²) in [5, 5.41) is 27.7. The second kappa shape index (κ2) is 5.13. The Labute approximate surface area is 98.4 Å². The van der Waals surface area contributed by atoms with Crippen LogP contribution in [-0.2, 0) is 11.2 Å². The van der Waals surface area contributed by atoms with Gasteiger partial charge in [0, 0.05) is 11.6 Å². The van der Waals surface area contributed by atoms with E-state index in [1.54, 1.807) is 0 Å². The quantitative estimate of drug-likeness (QED) is 0.643. The summed E-state index contributed by atoms with van der Waals surface area (Å²) < 4.78 is 25.2. The maximum Gasteiger partial charge on any atom is 0.309 e. The Morgan fingerprint density at radius 2 is 2.28 bits per heavy atom. The van der Waals surface area contributed by atoms with Gasteiger partial charge in [-0.05, 0) is 0 Å². The highest BCUT2D eigenvalue weighted by Gasteiger charge is 2.25. The largest absolute Gasteiger partial charge is 0.481 e. The molecule has 0 saturated carbocycles. The lowest BCUT2D eigenvalue weighted by Gasteiger charge is -2.06. The molecule has 1 aromatic heterocycles. The molecule has 1 N–H and O–H groups in total. The molecule has 0 spiro atoms. The number of nitro groups is 1. The molecule has 0 aliphatic heterocycles. The average molecular weight is 257 g/mol. The van der Waals surface area contributed by atoms with E-state index in [0.717, 1.165) is 0 Å². The van der Waals surface area contributed by atoms with Gasteiger partial charge in [0.2, 0.25) is 5.69 Å². The molecule has 1 rings (SSSR count). The van der Waals surface area contributed by atoms with Crippen molar-refractivity contribution in [2.24, 2.45) is 0 Å². The number of alkyl halides is 2. The van der Waals surface area contributed by atoms with Gasteiger partial charge >= 0.3 is 11.7 Å².